The number of carbonyl (C=O) groups excluding carboxylic acids is 1. The summed E-state index contributed by atoms with van der Waals surface area (Å²) in [5.41, 5.74) is -2.06. The van der Waals surface area contributed by atoms with Gasteiger partial charge in [-0.2, -0.15) is 0 Å². The van der Waals surface area contributed by atoms with Gasteiger partial charge < -0.3 is 19.3 Å². The zero-order valence-corrected chi connectivity index (χ0v) is 9.53. The summed E-state index contributed by atoms with van der Waals surface area (Å²) < 4.78 is 15.6. The van der Waals surface area contributed by atoms with Gasteiger partial charge >= 0.3 is 5.97 Å². The zero-order chi connectivity index (χ0) is 11.6. The van der Waals surface area contributed by atoms with Crippen LogP contribution in [0.4, 0.5) is 0 Å². The van der Waals surface area contributed by atoms with Crippen molar-refractivity contribution in [2.24, 2.45) is 5.41 Å². The van der Waals surface area contributed by atoms with Crippen molar-refractivity contribution in [1.29, 1.82) is 0 Å². The average molecular weight is 230 g/mol. The third kappa shape index (κ3) is 1.63. The molecule has 2 unspecified atom stereocenters. The van der Waals surface area contributed by atoms with Gasteiger partial charge in [0, 0.05) is 19.6 Å². The molecule has 2 rings (SSSR count). The van der Waals surface area contributed by atoms with Crippen molar-refractivity contribution in [1.82, 2.24) is 0 Å². The largest absolute Gasteiger partial charge is 0.465 e. The molecule has 2 aliphatic heterocycles. The van der Waals surface area contributed by atoms with E-state index in [0.29, 0.717) is 32.7 Å². The molecule has 0 aromatic rings. The Hall–Kier alpha value is -0.650. The Bertz CT molecular complexity index is 264. The number of esters is 1. The van der Waals surface area contributed by atoms with Gasteiger partial charge in [0.25, 0.3) is 0 Å². The zero-order valence-electron chi connectivity index (χ0n) is 9.53. The first kappa shape index (κ1) is 11.8. The molecule has 2 aliphatic rings. The van der Waals surface area contributed by atoms with E-state index in [-0.39, 0.29) is 19.2 Å². The van der Waals surface area contributed by atoms with Gasteiger partial charge in [-0.3, -0.25) is 4.79 Å². The quantitative estimate of drug-likeness (QED) is 0.697. The highest BCUT2D eigenvalue weighted by atomic mass is 16.5. The fourth-order valence-electron chi connectivity index (χ4n) is 2.48. The van der Waals surface area contributed by atoms with Gasteiger partial charge in [0.1, 0.15) is 11.0 Å². The molecule has 92 valence electrons. The number of carbonyl (C=O) groups is 1. The number of rotatable bonds is 3. The van der Waals surface area contributed by atoms with E-state index in [2.05, 4.69) is 0 Å². The number of aliphatic hydroxyl groups is 1. The summed E-state index contributed by atoms with van der Waals surface area (Å²) in [6.07, 6.45) is 0.973. The molecule has 2 fully saturated rings. The molecule has 0 radical (unpaired) electrons. The van der Waals surface area contributed by atoms with Gasteiger partial charge in [-0.15, -0.1) is 0 Å². The maximum Gasteiger partial charge on any atom is 0.317 e. The summed E-state index contributed by atoms with van der Waals surface area (Å²) in [4.78, 5) is 12.0. The third-order valence-electron chi connectivity index (χ3n) is 3.58. The molecule has 2 saturated heterocycles. The van der Waals surface area contributed by atoms with Crippen molar-refractivity contribution in [3.05, 3.63) is 0 Å². The van der Waals surface area contributed by atoms with Crippen LogP contribution in [-0.4, -0.2) is 49.7 Å². The first-order valence-corrected chi connectivity index (χ1v) is 5.70. The van der Waals surface area contributed by atoms with E-state index in [0.717, 1.165) is 0 Å². The molecule has 16 heavy (non-hydrogen) atoms. The van der Waals surface area contributed by atoms with Gasteiger partial charge in [-0.25, -0.2) is 0 Å². The van der Waals surface area contributed by atoms with Crippen LogP contribution in [0.3, 0.4) is 0 Å². The summed E-state index contributed by atoms with van der Waals surface area (Å²) >= 11 is 0. The fraction of sp³-hybridized carbons (Fsp3) is 0.909. The van der Waals surface area contributed by atoms with Crippen LogP contribution in [-0.2, 0) is 19.0 Å². The van der Waals surface area contributed by atoms with Gasteiger partial charge in [0.05, 0.1) is 19.8 Å². The highest BCUT2D eigenvalue weighted by Crippen LogP contribution is 2.45. The van der Waals surface area contributed by atoms with E-state index in [9.17, 15) is 9.90 Å². The molecule has 2 heterocycles. The number of ether oxygens (including phenoxy) is 3. The Morgan fingerprint density at radius 1 is 1.31 bits per heavy atom. The smallest absolute Gasteiger partial charge is 0.317 e. The van der Waals surface area contributed by atoms with Crippen LogP contribution in [0.15, 0.2) is 0 Å². The predicted molar refractivity (Wildman–Crippen MR) is 54.9 cm³/mol. The van der Waals surface area contributed by atoms with E-state index in [1.807, 2.05) is 0 Å². The third-order valence-corrected chi connectivity index (χ3v) is 3.58. The summed E-state index contributed by atoms with van der Waals surface area (Å²) in [7, 11) is 0. The van der Waals surface area contributed by atoms with Crippen LogP contribution in [0, 0.1) is 5.41 Å². The molecule has 0 spiro atoms. The van der Waals surface area contributed by atoms with Gasteiger partial charge in [0.15, 0.2) is 0 Å². The molecular formula is C11H18O5. The second-order valence-electron chi connectivity index (χ2n) is 4.44. The molecule has 0 saturated carbocycles. The van der Waals surface area contributed by atoms with Crippen molar-refractivity contribution in [3.8, 4) is 0 Å². The standard InChI is InChI=1S/C11H18O5/c1-2-16-9(12)10(3-5-14-7-10)11(13)4-6-15-8-11/h13H,2-8H2,1H3. The monoisotopic (exact) mass is 230 g/mol. The summed E-state index contributed by atoms with van der Waals surface area (Å²) in [5, 5.41) is 10.5. The van der Waals surface area contributed by atoms with Crippen molar-refractivity contribution in [2.45, 2.75) is 25.4 Å². The Labute approximate surface area is 94.7 Å². The molecule has 0 aromatic carbocycles. The molecule has 5 heteroatoms. The van der Waals surface area contributed by atoms with Crippen molar-refractivity contribution < 1.29 is 24.1 Å². The minimum atomic E-state index is -1.13. The van der Waals surface area contributed by atoms with E-state index in [1.54, 1.807) is 6.92 Å². The Kier molecular flexibility index (Phi) is 3.19. The Morgan fingerprint density at radius 2 is 2.00 bits per heavy atom. The van der Waals surface area contributed by atoms with E-state index in [1.165, 1.54) is 0 Å². The predicted octanol–water partition coefficient (Wildman–Crippen LogP) is 0.108. The number of hydrogen-bond acceptors (Lipinski definition) is 5. The summed E-state index contributed by atoms with van der Waals surface area (Å²) in [6.45, 7) is 3.47. The lowest BCUT2D eigenvalue weighted by molar-refractivity contribution is -0.176. The molecule has 0 bridgehead atoms. The van der Waals surface area contributed by atoms with Crippen LogP contribution in [0.2, 0.25) is 0 Å². The van der Waals surface area contributed by atoms with Gasteiger partial charge in [-0.1, -0.05) is 0 Å². The first-order chi connectivity index (χ1) is 7.65. The molecular weight excluding hydrogens is 212 g/mol. The molecule has 2 atom stereocenters. The second kappa shape index (κ2) is 4.31. The fourth-order valence-corrected chi connectivity index (χ4v) is 2.48. The molecule has 0 amide bonds. The van der Waals surface area contributed by atoms with Crippen LogP contribution >= 0.6 is 0 Å². The summed E-state index contributed by atoms with van der Waals surface area (Å²) in [6, 6.07) is 0. The SMILES string of the molecule is CCOC(=O)C1(C2(O)CCOC2)CCOC1. The van der Waals surface area contributed by atoms with Crippen molar-refractivity contribution in [3.63, 3.8) is 0 Å². The van der Waals surface area contributed by atoms with Gasteiger partial charge in [-0.05, 0) is 13.3 Å². The minimum absolute atomic E-state index is 0.190. The Balaban J connectivity index is 2.24. The maximum absolute atomic E-state index is 12.0. The lowest BCUT2D eigenvalue weighted by Crippen LogP contribution is -2.55. The van der Waals surface area contributed by atoms with Crippen LogP contribution in [0.5, 0.6) is 0 Å². The van der Waals surface area contributed by atoms with Crippen molar-refractivity contribution >= 4 is 5.97 Å². The molecule has 5 nitrogen and oxygen atoms in total. The second-order valence-corrected chi connectivity index (χ2v) is 4.44. The minimum Gasteiger partial charge on any atom is -0.465 e. The lowest BCUT2D eigenvalue weighted by Gasteiger charge is -2.37. The number of hydrogen-bond donors (Lipinski definition) is 1. The topological polar surface area (TPSA) is 65.0 Å². The van der Waals surface area contributed by atoms with E-state index in [4.69, 9.17) is 14.2 Å². The van der Waals surface area contributed by atoms with Crippen LogP contribution < -0.4 is 0 Å². The molecule has 0 aromatic heterocycles. The normalized spacial score (nSPS) is 38.9. The van der Waals surface area contributed by atoms with E-state index < -0.39 is 11.0 Å². The van der Waals surface area contributed by atoms with Crippen LogP contribution in [0.1, 0.15) is 19.8 Å². The maximum atomic E-state index is 12.0. The van der Waals surface area contributed by atoms with Crippen molar-refractivity contribution in [2.75, 3.05) is 33.0 Å². The highest BCUT2D eigenvalue weighted by Gasteiger charge is 2.60. The first-order valence-electron chi connectivity index (χ1n) is 5.70. The highest BCUT2D eigenvalue weighted by molar-refractivity contribution is 5.79. The van der Waals surface area contributed by atoms with Crippen LogP contribution in [0.25, 0.3) is 0 Å². The van der Waals surface area contributed by atoms with Gasteiger partial charge in [0.2, 0.25) is 0 Å². The van der Waals surface area contributed by atoms with E-state index >= 15 is 0 Å². The average Bonchev–Trinajstić information content (AvgIpc) is 2.87. The molecule has 0 aliphatic carbocycles. The molecule has 1 N–H and O–H groups in total. The lowest BCUT2D eigenvalue weighted by atomic mass is 9.70. The Morgan fingerprint density at radius 3 is 2.50 bits per heavy atom. The summed E-state index contributed by atoms with van der Waals surface area (Å²) in [5.74, 6) is -0.361.